The summed E-state index contributed by atoms with van der Waals surface area (Å²) in [5, 5.41) is 60.0. The van der Waals surface area contributed by atoms with Crippen LogP contribution in [0.25, 0.3) is 0 Å². The number of hydrogen-bond donors (Lipinski definition) is 7. The van der Waals surface area contributed by atoms with E-state index in [2.05, 4.69) is 10.6 Å². The third kappa shape index (κ3) is 5.96. The molecule has 0 aromatic heterocycles. The molecular formula is C32H36N2O13. The molecule has 6 atom stereocenters. The maximum Gasteiger partial charge on any atom is 0.220 e. The summed E-state index contributed by atoms with van der Waals surface area (Å²) in [6.45, 7) is 0.438. The quantitative estimate of drug-likeness (QED) is 0.146. The van der Waals surface area contributed by atoms with E-state index in [-0.39, 0.29) is 53.2 Å². The number of rotatable bonds is 9. The van der Waals surface area contributed by atoms with Crippen LogP contribution in [0.5, 0.6) is 17.2 Å². The number of Topliss-reactive ketones (excluding diaryl/α,β-unsaturated/α-hetero) is 1. The number of phenols is 2. The van der Waals surface area contributed by atoms with Gasteiger partial charge in [0.25, 0.3) is 0 Å². The van der Waals surface area contributed by atoms with E-state index in [1.807, 2.05) is 0 Å². The van der Waals surface area contributed by atoms with Crippen LogP contribution in [0.3, 0.4) is 0 Å². The Morgan fingerprint density at radius 1 is 1.04 bits per heavy atom. The highest BCUT2D eigenvalue weighted by atomic mass is 16.7. The molecule has 7 N–H and O–H groups in total. The summed E-state index contributed by atoms with van der Waals surface area (Å²) in [7, 11) is 2.73. The number of aliphatic hydroxyl groups is 3. The van der Waals surface area contributed by atoms with Crippen molar-refractivity contribution in [3.8, 4) is 17.2 Å². The second-order valence-electron chi connectivity index (χ2n) is 11.8. The molecule has 252 valence electrons. The second-order valence-corrected chi connectivity index (χ2v) is 11.8. The molecule has 0 spiro atoms. The highest BCUT2D eigenvalue weighted by Crippen LogP contribution is 2.52. The van der Waals surface area contributed by atoms with Crippen molar-refractivity contribution >= 4 is 29.2 Å². The van der Waals surface area contributed by atoms with Crippen LogP contribution in [0.15, 0.2) is 18.2 Å². The van der Waals surface area contributed by atoms with Gasteiger partial charge in [-0.2, -0.15) is 0 Å². The van der Waals surface area contributed by atoms with Gasteiger partial charge < -0.3 is 50.4 Å². The maximum atomic E-state index is 13.8. The van der Waals surface area contributed by atoms with Gasteiger partial charge in [-0.15, -0.1) is 0 Å². The fraction of sp³-hybridized carbons (Fsp3) is 0.469. The SMILES string of the molecule is CNC(=O)CCC(=O)NC1C[C@H](O[C@H]2C[C@](O)(C(=O)CO)Cc3c(O)c4c(c(O)c32)C(=O)c2c(OC)cccc2C4=O)O[C@@H](C)[C@H]1O. The lowest BCUT2D eigenvalue weighted by Crippen LogP contribution is -2.56. The Labute approximate surface area is 268 Å². The van der Waals surface area contributed by atoms with Crippen molar-refractivity contribution in [1.29, 1.82) is 0 Å². The van der Waals surface area contributed by atoms with Gasteiger partial charge in [0, 0.05) is 55.8 Å². The van der Waals surface area contributed by atoms with E-state index in [0.717, 1.165) is 0 Å². The van der Waals surface area contributed by atoms with Crippen molar-refractivity contribution in [2.24, 2.45) is 0 Å². The maximum absolute atomic E-state index is 13.8. The smallest absolute Gasteiger partial charge is 0.220 e. The van der Waals surface area contributed by atoms with Crippen LogP contribution in [0.1, 0.15) is 81.7 Å². The number of carbonyl (C=O) groups is 5. The van der Waals surface area contributed by atoms with Gasteiger partial charge in [0.1, 0.15) is 35.6 Å². The first-order chi connectivity index (χ1) is 22.3. The molecule has 2 amide bonds. The van der Waals surface area contributed by atoms with Crippen molar-refractivity contribution in [1.82, 2.24) is 10.6 Å². The number of fused-ring (bicyclic) bond motifs is 3. The largest absolute Gasteiger partial charge is 0.507 e. The van der Waals surface area contributed by atoms with Crippen molar-refractivity contribution < 1.29 is 63.7 Å². The van der Waals surface area contributed by atoms with E-state index >= 15 is 0 Å². The Bertz CT molecular complexity index is 1660. The first-order valence-corrected chi connectivity index (χ1v) is 15.0. The molecule has 3 aliphatic rings. The third-order valence-corrected chi connectivity index (χ3v) is 8.96. The molecule has 15 heteroatoms. The Balaban J connectivity index is 1.54. The summed E-state index contributed by atoms with van der Waals surface area (Å²) in [4.78, 5) is 64.4. The van der Waals surface area contributed by atoms with Crippen LogP contribution in [0.2, 0.25) is 0 Å². The predicted octanol–water partition coefficient (Wildman–Crippen LogP) is -0.315. The molecule has 2 aromatic carbocycles. The zero-order valence-corrected chi connectivity index (χ0v) is 25.9. The number of ether oxygens (including phenoxy) is 3. The van der Waals surface area contributed by atoms with Crippen molar-refractivity contribution in [2.75, 3.05) is 20.8 Å². The molecule has 1 saturated heterocycles. The van der Waals surface area contributed by atoms with Crippen LogP contribution in [0.4, 0.5) is 0 Å². The van der Waals surface area contributed by atoms with Gasteiger partial charge in [0.05, 0.1) is 42.0 Å². The number of ketones is 3. The standard InChI is InChI=1S/C32H36N2O13/c1-13-27(39)16(34-21(38)8-7-20(37)33-2)9-22(46-13)47-18-11-32(44,19(36)12-35)10-15-24(18)31(43)26-25(29(15)41)28(40)14-5-4-6-17(45-3)23(14)30(26)42/h4-6,13,16,18,22,27,35,39,41,43-44H,7-12H2,1-3H3,(H,33,37)(H,34,38)/t13-,16?,18-,22-,27+,32-/m0/s1. The van der Waals surface area contributed by atoms with Gasteiger partial charge in [0.2, 0.25) is 17.6 Å². The van der Waals surface area contributed by atoms with Crippen molar-refractivity contribution in [3.05, 3.63) is 51.6 Å². The molecule has 47 heavy (non-hydrogen) atoms. The third-order valence-electron chi connectivity index (χ3n) is 8.96. The number of methoxy groups -OCH3 is 1. The summed E-state index contributed by atoms with van der Waals surface area (Å²) in [6.07, 6.45) is -6.39. The van der Waals surface area contributed by atoms with E-state index in [4.69, 9.17) is 14.2 Å². The molecule has 0 saturated carbocycles. The number of carbonyl (C=O) groups excluding carboxylic acids is 5. The fourth-order valence-corrected chi connectivity index (χ4v) is 6.49. The molecule has 1 aliphatic heterocycles. The molecule has 0 bridgehead atoms. The van der Waals surface area contributed by atoms with E-state index in [1.165, 1.54) is 39.3 Å². The van der Waals surface area contributed by atoms with E-state index in [0.29, 0.717) is 0 Å². The average Bonchev–Trinajstić information content (AvgIpc) is 3.05. The van der Waals surface area contributed by atoms with E-state index in [9.17, 15) is 49.5 Å². The summed E-state index contributed by atoms with van der Waals surface area (Å²) >= 11 is 0. The predicted molar refractivity (Wildman–Crippen MR) is 159 cm³/mol. The molecule has 1 heterocycles. The fourth-order valence-electron chi connectivity index (χ4n) is 6.49. The molecule has 0 radical (unpaired) electrons. The van der Waals surface area contributed by atoms with Crippen LogP contribution in [-0.4, -0.2) is 106 Å². The molecular weight excluding hydrogens is 620 g/mol. The van der Waals surface area contributed by atoms with Crippen molar-refractivity contribution in [3.63, 3.8) is 0 Å². The summed E-state index contributed by atoms with van der Waals surface area (Å²) in [6, 6.07) is 3.38. The second kappa shape index (κ2) is 13.0. The van der Waals surface area contributed by atoms with Gasteiger partial charge in [-0.1, -0.05) is 12.1 Å². The van der Waals surface area contributed by atoms with E-state index in [1.54, 1.807) is 0 Å². The number of amides is 2. The van der Waals surface area contributed by atoms with Crippen LogP contribution in [-0.2, 0) is 30.3 Å². The first kappa shape index (κ1) is 33.9. The zero-order chi connectivity index (χ0) is 34.4. The minimum atomic E-state index is -2.33. The lowest BCUT2D eigenvalue weighted by Gasteiger charge is -2.43. The normalized spacial score (nSPS) is 26.5. The van der Waals surface area contributed by atoms with Crippen molar-refractivity contribution in [2.45, 2.75) is 75.3 Å². The highest BCUT2D eigenvalue weighted by Gasteiger charge is 2.50. The van der Waals surface area contributed by atoms with Crippen LogP contribution >= 0.6 is 0 Å². The number of aromatic hydroxyl groups is 2. The Hall–Kier alpha value is -4.41. The number of nitrogens with one attached hydrogen (secondary N) is 2. The Morgan fingerprint density at radius 2 is 1.72 bits per heavy atom. The Kier molecular flexibility index (Phi) is 9.39. The van der Waals surface area contributed by atoms with Gasteiger partial charge in [-0.05, 0) is 13.0 Å². The minimum Gasteiger partial charge on any atom is -0.507 e. The van der Waals surface area contributed by atoms with Gasteiger partial charge in [-0.25, -0.2) is 0 Å². The van der Waals surface area contributed by atoms with E-state index < -0.39 is 102 Å². The molecule has 2 aromatic rings. The summed E-state index contributed by atoms with van der Waals surface area (Å²) in [5.74, 6) is -4.96. The van der Waals surface area contributed by atoms with Gasteiger partial charge >= 0.3 is 0 Å². The zero-order valence-electron chi connectivity index (χ0n) is 25.9. The number of phenolic OH excluding ortho intramolecular Hbond substituents is 2. The highest BCUT2D eigenvalue weighted by molar-refractivity contribution is 6.31. The monoisotopic (exact) mass is 656 g/mol. The lowest BCUT2D eigenvalue weighted by molar-refractivity contribution is -0.249. The first-order valence-electron chi connectivity index (χ1n) is 15.0. The number of hydrogen-bond acceptors (Lipinski definition) is 13. The summed E-state index contributed by atoms with van der Waals surface area (Å²) < 4.78 is 17.3. The summed E-state index contributed by atoms with van der Waals surface area (Å²) in [5.41, 5.74) is -4.05. The minimum absolute atomic E-state index is 0.0605. The molecule has 1 unspecified atom stereocenters. The van der Waals surface area contributed by atoms with Gasteiger partial charge in [0.15, 0.2) is 17.9 Å². The number of aliphatic hydroxyl groups excluding tert-OH is 2. The molecule has 2 aliphatic carbocycles. The molecule has 5 rings (SSSR count). The lowest BCUT2D eigenvalue weighted by atomic mass is 9.72. The molecule has 15 nitrogen and oxygen atoms in total. The van der Waals surface area contributed by atoms with Gasteiger partial charge in [-0.3, -0.25) is 24.0 Å². The number of benzene rings is 2. The Morgan fingerprint density at radius 3 is 2.38 bits per heavy atom. The molecule has 1 fully saturated rings. The van der Waals surface area contributed by atoms with Crippen LogP contribution < -0.4 is 15.4 Å². The average molecular weight is 657 g/mol. The van der Waals surface area contributed by atoms with Crippen LogP contribution in [0, 0.1) is 0 Å². The topological polar surface area (TPSA) is 238 Å².